The van der Waals surface area contributed by atoms with E-state index in [0.29, 0.717) is 29.5 Å². The number of nitrogens with zero attached hydrogens (tertiary/aromatic N) is 1. The summed E-state index contributed by atoms with van der Waals surface area (Å²) in [5.41, 5.74) is 7.05. The molecule has 1 aromatic carbocycles. The Morgan fingerprint density at radius 2 is 2.06 bits per heavy atom. The van der Waals surface area contributed by atoms with E-state index >= 15 is 0 Å². The van der Waals surface area contributed by atoms with Gasteiger partial charge in [0.05, 0.1) is 17.9 Å². The molecule has 3 N–H and O–H groups in total. The molecule has 0 bridgehead atoms. The number of carbonyl (C=O) groups is 1. The molecule has 0 radical (unpaired) electrons. The minimum absolute atomic E-state index is 0.0503. The lowest BCUT2D eigenvalue weighted by Crippen LogP contribution is -2.35. The minimum atomic E-state index is 0.0503. The lowest BCUT2D eigenvalue weighted by atomic mass is 10.2. The Kier molecular flexibility index (Phi) is 5.10. The van der Waals surface area contributed by atoms with Crippen LogP contribution in [0.4, 0.5) is 11.4 Å². The zero-order valence-electron chi connectivity index (χ0n) is 10.2. The first kappa shape index (κ1) is 13.6. The molecule has 0 saturated heterocycles. The van der Waals surface area contributed by atoms with Crippen molar-refractivity contribution < 1.29 is 4.79 Å². The number of carbonyl (C=O) groups excluding carboxylic acids is 1. The van der Waals surface area contributed by atoms with Gasteiger partial charge in [-0.3, -0.25) is 4.79 Å². The van der Waals surface area contributed by atoms with E-state index < -0.39 is 0 Å². The van der Waals surface area contributed by atoms with Crippen molar-refractivity contribution in [2.24, 2.45) is 0 Å². The van der Waals surface area contributed by atoms with Crippen molar-refractivity contribution >= 4 is 28.9 Å². The molecule has 0 fully saturated rings. The van der Waals surface area contributed by atoms with Gasteiger partial charge in [0.1, 0.15) is 0 Å². The van der Waals surface area contributed by atoms with E-state index in [1.54, 1.807) is 23.1 Å². The van der Waals surface area contributed by atoms with E-state index in [1.807, 2.05) is 13.8 Å². The summed E-state index contributed by atoms with van der Waals surface area (Å²) in [6, 6.07) is 5.15. The van der Waals surface area contributed by atoms with Crippen molar-refractivity contribution in [1.29, 1.82) is 0 Å². The Morgan fingerprint density at radius 1 is 1.41 bits per heavy atom. The molecule has 0 heterocycles. The monoisotopic (exact) mass is 255 g/mol. The standard InChI is InChI=1S/C12H18ClN3O/c1-3-16(4-2)12(17)8-15-11-7-9(13)5-6-10(11)14/h5-7,15H,3-4,8,14H2,1-2H3. The van der Waals surface area contributed by atoms with Gasteiger partial charge in [-0.15, -0.1) is 0 Å². The second-order valence-electron chi connectivity index (χ2n) is 3.65. The van der Waals surface area contributed by atoms with Crippen LogP contribution in [0.1, 0.15) is 13.8 Å². The molecule has 17 heavy (non-hydrogen) atoms. The molecule has 1 aromatic rings. The molecule has 0 aromatic heterocycles. The van der Waals surface area contributed by atoms with E-state index in [0.717, 1.165) is 0 Å². The lowest BCUT2D eigenvalue weighted by molar-refractivity contribution is -0.128. The summed E-state index contributed by atoms with van der Waals surface area (Å²) in [6.07, 6.45) is 0. The maximum Gasteiger partial charge on any atom is 0.241 e. The quantitative estimate of drug-likeness (QED) is 0.793. The van der Waals surface area contributed by atoms with Crippen LogP contribution < -0.4 is 11.1 Å². The third kappa shape index (κ3) is 3.82. The number of hydrogen-bond acceptors (Lipinski definition) is 3. The fraction of sp³-hybridized carbons (Fsp3) is 0.417. The molecule has 5 heteroatoms. The highest BCUT2D eigenvalue weighted by Gasteiger charge is 2.09. The van der Waals surface area contributed by atoms with Gasteiger partial charge in [0, 0.05) is 18.1 Å². The molecule has 0 aliphatic carbocycles. The van der Waals surface area contributed by atoms with Crippen LogP contribution in [0.3, 0.4) is 0 Å². The SMILES string of the molecule is CCN(CC)C(=O)CNc1cc(Cl)ccc1N. The second kappa shape index (κ2) is 6.35. The predicted molar refractivity (Wildman–Crippen MR) is 72.3 cm³/mol. The Hall–Kier alpha value is -1.42. The molecule has 4 nitrogen and oxygen atoms in total. The van der Waals surface area contributed by atoms with Crippen LogP contribution in [-0.2, 0) is 4.79 Å². The largest absolute Gasteiger partial charge is 0.397 e. The van der Waals surface area contributed by atoms with E-state index in [2.05, 4.69) is 5.32 Å². The molecule has 0 spiro atoms. The van der Waals surface area contributed by atoms with Crippen LogP contribution in [0.2, 0.25) is 5.02 Å². The average Bonchev–Trinajstić information content (AvgIpc) is 2.32. The van der Waals surface area contributed by atoms with Crippen molar-refractivity contribution in [3.63, 3.8) is 0 Å². The third-order valence-corrected chi connectivity index (χ3v) is 2.80. The lowest BCUT2D eigenvalue weighted by Gasteiger charge is -2.19. The first-order valence-corrected chi connectivity index (χ1v) is 6.03. The van der Waals surface area contributed by atoms with Crippen LogP contribution in [-0.4, -0.2) is 30.4 Å². The fourth-order valence-corrected chi connectivity index (χ4v) is 1.71. The Bertz CT molecular complexity index is 391. The minimum Gasteiger partial charge on any atom is -0.397 e. The molecule has 94 valence electrons. The van der Waals surface area contributed by atoms with Crippen molar-refractivity contribution in [3.05, 3.63) is 23.2 Å². The number of rotatable bonds is 5. The van der Waals surface area contributed by atoms with Gasteiger partial charge >= 0.3 is 0 Å². The molecular formula is C12H18ClN3O. The summed E-state index contributed by atoms with van der Waals surface area (Å²) in [7, 11) is 0. The Labute approximate surface area is 107 Å². The first-order valence-electron chi connectivity index (χ1n) is 5.65. The summed E-state index contributed by atoms with van der Waals surface area (Å²) in [5, 5.41) is 3.60. The average molecular weight is 256 g/mol. The Balaban J connectivity index is 2.61. The third-order valence-electron chi connectivity index (χ3n) is 2.56. The summed E-state index contributed by atoms with van der Waals surface area (Å²) in [4.78, 5) is 13.5. The van der Waals surface area contributed by atoms with Gasteiger partial charge < -0.3 is 16.0 Å². The van der Waals surface area contributed by atoms with Crippen LogP contribution in [0, 0.1) is 0 Å². The zero-order valence-corrected chi connectivity index (χ0v) is 10.9. The second-order valence-corrected chi connectivity index (χ2v) is 4.09. The Morgan fingerprint density at radius 3 is 2.65 bits per heavy atom. The van der Waals surface area contributed by atoms with Crippen molar-refractivity contribution in [3.8, 4) is 0 Å². The number of anilines is 2. The van der Waals surface area contributed by atoms with Gasteiger partial charge in [-0.2, -0.15) is 0 Å². The zero-order chi connectivity index (χ0) is 12.8. The summed E-state index contributed by atoms with van der Waals surface area (Å²) >= 11 is 5.86. The fourth-order valence-electron chi connectivity index (χ4n) is 1.54. The highest BCUT2D eigenvalue weighted by atomic mass is 35.5. The van der Waals surface area contributed by atoms with Gasteiger partial charge in [-0.25, -0.2) is 0 Å². The summed E-state index contributed by atoms with van der Waals surface area (Å²) in [5.74, 6) is 0.0503. The number of amides is 1. The molecule has 1 rings (SSSR count). The van der Waals surface area contributed by atoms with Crippen LogP contribution in [0.15, 0.2) is 18.2 Å². The normalized spacial score (nSPS) is 10.1. The summed E-state index contributed by atoms with van der Waals surface area (Å²) in [6.45, 7) is 5.56. The van der Waals surface area contributed by atoms with Gasteiger partial charge in [0.25, 0.3) is 0 Å². The number of likely N-dealkylation sites (N-methyl/N-ethyl adjacent to an activating group) is 1. The highest BCUT2D eigenvalue weighted by molar-refractivity contribution is 6.31. The number of nitrogens with two attached hydrogens (primary N) is 1. The predicted octanol–water partition coefficient (Wildman–Crippen LogP) is 2.20. The van der Waals surface area contributed by atoms with E-state index in [4.69, 9.17) is 17.3 Å². The smallest absolute Gasteiger partial charge is 0.241 e. The van der Waals surface area contributed by atoms with Crippen LogP contribution >= 0.6 is 11.6 Å². The summed E-state index contributed by atoms with van der Waals surface area (Å²) < 4.78 is 0. The van der Waals surface area contributed by atoms with Gasteiger partial charge in [0.2, 0.25) is 5.91 Å². The maximum atomic E-state index is 11.8. The number of benzene rings is 1. The van der Waals surface area contributed by atoms with Crippen molar-refractivity contribution in [2.45, 2.75) is 13.8 Å². The molecule has 0 saturated carbocycles. The number of halogens is 1. The number of nitrogens with one attached hydrogen (secondary N) is 1. The van der Waals surface area contributed by atoms with Gasteiger partial charge in [-0.05, 0) is 32.0 Å². The molecular weight excluding hydrogens is 238 g/mol. The van der Waals surface area contributed by atoms with E-state index in [9.17, 15) is 4.79 Å². The molecule has 0 atom stereocenters. The van der Waals surface area contributed by atoms with Crippen molar-refractivity contribution in [2.75, 3.05) is 30.7 Å². The van der Waals surface area contributed by atoms with Gasteiger partial charge in [-0.1, -0.05) is 11.6 Å². The van der Waals surface area contributed by atoms with Crippen LogP contribution in [0.25, 0.3) is 0 Å². The van der Waals surface area contributed by atoms with E-state index in [1.165, 1.54) is 0 Å². The maximum absolute atomic E-state index is 11.8. The van der Waals surface area contributed by atoms with Crippen LogP contribution in [0.5, 0.6) is 0 Å². The number of nitrogen functional groups attached to an aromatic ring is 1. The van der Waals surface area contributed by atoms with Gasteiger partial charge in [0.15, 0.2) is 0 Å². The topological polar surface area (TPSA) is 58.4 Å². The highest BCUT2D eigenvalue weighted by Crippen LogP contribution is 2.22. The number of hydrogen-bond donors (Lipinski definition) is 2. The molecule has 1 amide bonds. The first-order chi connectivity index (χ1) is 8.08. The molecule has 0 unspecified atom stereocenters. The van der Waals surface area contributed by atoms with E-state index in [-0.39, 0.29) is 12.5 Å². The molecule has 0 aliphatic heterocycles. The van der Waals surface area contributed by atoms with Crippen molar-refractivity contribution in [1.82, 2.24) is 4.90 Å². The molecule has 0 aliphatic rings.